The number of rotatable bonds is 4. The van der Waals surface area contributed by atoms with E-state index in [-0.39, 0.29) is 18.4 Å². The van der Waals surface area contributed by atoms with Crippen LogP contribution in [0.15, 0.2) is 72.9 Å². The van der Waals surface area contributed by atoms with Crippen molar-refractivity contribution in [2.75, 3.05) is 11.9 Å². The third-order valence-corrected chi connectivity index (χ3v) is 3.87. The largest absolute Gasteiger partial charge is 0.343 e. The number of nitrogens with one attached hydrogen (secondary N) is 2. The zero-order valence-electron chi connectivity index (χ0n) is 15.4. The zero-order valence-corrected chi connectivity index (χ0v) is 15.4. The molecule has 3 aromatic rings. The Hall–Kier alpha value is -3.91. The summed E-state index contributed by atoms with van der Waals surface area (Å²) >= 11 is 0. The highest BCUT2D eigenvalue weighted by Gasteiger charge is 2.08. The van der Waals surface area contributed by atoms with Crippen molar-refractivity contribution < 1.29 is 9.59 Å². The Bertz CT molecular complexity index is 1030. The van der Waals surface area contributed by atoms with Gasteiger partial charge >= 0.3 is 0 Å². The van der Waals surface area contributed by atoms with Gasteiger partial charge in [-0.05, 0) is 55.3 Å². The van der Waals surface area contributed by atoms with Crippen LogP contribution in [0.1, 0.15) is 27.2 Å². The smallest absolute Gasteiger partial charge is 0.251 e. The third-order valence-electron chi connectivity index (χ3n) is 3.87. The van der Waals surface area contributed by atoms with Gasteiger partial charge in [0.05, 0.1) is 6.54 Å². The molecule has 0 spiro atoms. The first-order chi connectivity index (χ1) is 13.6. The Labute approximate surface area is 163 Å². The van der Waals surface area contributed by atoms with E-state index in [1.54, 1.807) is 30.5 Å². The fourth-order valence-corrected chi connectivity index (χ4v) is 2.42. The highest BCUT2D eigenvalue weighted by molar-refractivity contribution is 5.99. The van der Waals surface area contributed by atoms with Gasteiger partial charge in [0, 0.05) is 23.0 Å². The van der Waals surface area contributed by atoms with Gasteiger partial charge in [0.1, 0.15) is 5.69 Å². The number of benzene rings is 2. The van der Waals surface area contributed by atoms with Crippen molar-refractivity contribution in [3.8, 4) is 11.8 Å². The van der Waals surface area contributed by atoms with Crippen molar-refractivity contribution in [3.63, 3.8) is 0 Å². The number of aromatic nitrogens is 1. The van der Waals surface area contributed by atoms with Gasteiger partial charge in [0.15, 0.2) is 0 Å². The minimum atomic E-state index is -0.310. The standard InChI is InChI=1S/C23H19N3O2/c1-17-8-11-19(12-9-17)23(28)25-16-22(27)26-21-7-4-5-18(15-21)10-13-20-6-2-3-14-24-20/h2-9,11-12,14-15H,16H2,1H3,(H,25,28)(H,26,27). The summed E-state index contributed by atoms with van der Waals surface area (Å²) in [6.45, 7) is 1.83. The van der Waals surface area contributed by atoms with E-state index in [0.29, 0.717) is 16.9 Å². The molecule has 0 aliphatic rings. The quantitative estimate of drug-likeness (QED) is 0.694. The minimum Gasteiger partial charge on any atom is -0.343 e. The van der Waals surface area contributed by atoms with Crippen LogP contribution in [0.5, 0.6) is 0 Å². The van der Waals surface area contributed by atoms with Crippen molar-refractivity contribution in [1.29, 1.82) is 0 Å². The van der Waals surface area contributed by atoms with Crippen LogP contribution in [-0.2, 0) is 4.79 Å². The molecular weight excluding hydrogens is 350 g/mol. The molecule has 1 aromatic heterocycles. The van der Waals surface area contributed by atoms with Crippen molar-refractivity contribution in [2.45, 2.75) is 6.92 Å². The molecule has 0 saturated carbocycles. The van der Waals surface area contributed by atoms with Gasteiger partial charge in [-0.25, -0.2) is 4.98 Å². The van der Waals surface area contributed by atoms with Gasteiger partial charge < -0.3 is 10.6 Å². The maximum Gasteiger partial charge on any atom is 0.251 e. The molecular formula is C23H19N3O2. The summed E-state index contributed by atoms with van der Waals surface area (Å²) in [7, 11) is 0. The second-order valence-electron chi connectivity index (χ2n) is 6.14. The molecule has 0 aliphatic heterocycles. The fraction of sp³-hybridized carbons (Fsp3) is 0.0870. The second-order valence-corrected chi connectivity index (χ2v) is 6.14. The molecule has 3 rings (SSSR count). The summed E-state index contributed by atoms with van der Waals surface area (Å²) in [5.74, 6) is 5.39. The van der Waals surface area contributed by atoms with E-state index >= 15 is 0 Å². The summed E-state index contributed by atoms with van der Waals surface area (Å²) in [5, 5.41) is 5.37. The van der Waals surface area contributed by atoms with Crippen molar-refractivity contribution in [3.05, 3.63) is 95.3 Å². The first-order valence-corrected chi connectivity index (χ1v) is 8.78. The Morgan fingerprint density at radius 2 is 1.79 bits per heavy atom. The summed E-state index contributed by atoms with van der Waals surface area (Å²) in [5.41, 5.74) is 3.64. The van der Waals surface area contributed by atoms with Crippen LogP contribution in [0.25, 0.3) is 0 Å². The molecule has 2 N–H and O–H groups in total. The van der Waals surface area contributed by atoms with E-state index in [1.807, 2.05) is 49.4 Å². The van der Waals surface area contributed by atoms with E-state index in [2.05, 4.69) is 27.5 Å². The number of carbonyl (C=O) groups excluding carboxylic acids is 2. The topological polar surface area (TPSA) is 71.1 Å². The summed E-state index contributed by atoms with van der Waals surface area (Å²) in [6, 6.07) is 19.9. The van der Waals surface area contributed by atoms with E-state index in [9.17, 15) is 9.59 Å². The van der Waals surface area contributed by atoms with Gasteiger partial charge in [0.2, 0.25) is 5.91 Å². The maximum atomic E-state index is 12.1. The lowest BCUT2D eigenvalue weighted by atomic mass is 10.1. The Balaban J connectivity index is 1.56. The normalized spacial score (nSPS) is 9.75. The maximum absolute atomic E-state index is 12.1. The number of pyridine rings is 1. The highest BCUT2D eigenvalue weighted by Crippen LogP contribution is 2.10. The van der Waals surface area contributed by atoms with Gasteiger partial charge in [-0.1, -0.05) is 35.7 Å². The monoisotopic (exact) mass is 369 g/mol. The van der Waals surface area contributed by atoms with Gasteiger partial charge in [-0.15, -0.1) is 0 Å². The SMILES string of the molecule is Cc1ccc(C(=O)NCC(=O)Nc2cccc(C#Cc3ccccn3)c2)cc1. The number of hydrogen-bond acceptors (Lipinski definition) is 3. The van der Waals surface area contributed by atoms with Crippen LogP contribution < -0.4 is 10.6 Å². The minimum absolute atomic E-state index is 0.115. The molecule has 0 aliphatic carbocycles. The van der Waals surface area contributed by atoms with Crippen molar-refractivity contribution in [1.82, 2.24) is 10.3 Å². The Kier molecular flexibility index (Phi) is 6.17. The first kappa shape index (κ1) is 18.9. The average Bonchev–Trinajstić information content (AvgIpc) is 2.72. The van der Waals surface area contributed by atoms with Gasteiger partial charge in [-0.3, -0.25) is 9.59 Å². The lowest BCUT2D eigenvalue weighted by Gasteiger charge is -2.07. The summed E-state index contributed by atoms with van der Waals surface area (Å²) < 4.78 is 0. The molecule has 5 nitrogen and oxygen atoms in total. The molecule has 0 radical (unpaired) electrons. The molecule has 0 unspecified atom stereocenters. The van der Waals surface area contributed by atoms with Crippen LogP contribution in [0.3, 0.4) is 0 Å². The van der Waals surface area contributed by atoms with Crippen LogP contribution >= 0.6 is 0 Å². The number of hydrogen-bond donors (Lipinski definition) is 2. The lowest BCUT2D eigenvalue weighted by Crippen LogP contribution is -2.32. The zero-order chi connectivity index (χ0) is 19.8. The van der Waals surface area contributed by atoms with Crippen molar-refractivity contribution in [2.24, 2.45) is 0 Å². The van der Waals surface area contributed by atoms with Crippen LogP contribution in [0.2, 0.25) is 0 Å². The van der Waals surface area contributed by atoms with E-state index in [1.165, 1.54) is 0 Å². The van der Waals surface area contributed by atoms with E-state index < -0.39 is 0 Å². The summed E-state index contributed by atoms with van der Waals surface area (Å²) in [6.07, 6.45) is 1.69. The van der Waals surface area contributed by atoms with Gasteiger partial charge in [0.25, 0.3) is 5.91 Å². The third kappa shape index (κ3) is 5.55. The van der Waals surface area contributed by atoms with Crippen LogP contribution in [-0.4, -0.2) is 23.3 Å². The summed E-state index contributed by atoms with van der Waals surface area (Å²) in [4.78, 5) is 28.3. The molecule has 5 heteroatoms. The number of carbonyl (C=O) groups is 2. The predicted molar refractivity (Wildman–Crippen MR) is 109 cm³/mol. The van der Waals surface area contributed by atoms with Crippen LogP contribution in [0, 0.1) is 18.8 Å². The van der Waals surface area contributed by atoms with Crippen LogP contribution in [0.4, 0.5) is 5.69 Å². The second kappa shape index (κ2) is 9.15. The number of amides is 2. The molecule has 0 saturated heterocycles. The predicted octanol–water partition coefficient (Wildman–Crippen LogP) is 3.16. The molecule has 0 fully saturated rings. The van der Waals surface area contributed by atoms with E-state index in [4.69, 9.17) is 0 Å². The molecule has 28 heavy (non-hydrogen) atoms. The number of aryl methyl sites for hydroxylation is 1. The molecule has 2 aromatic carbocycles. The molecule has 138 valence electrons. The van der Waals surface area contributed by atoms with E-state index in [0.717, 1.165) is 11.1 Å². The average molecular weight is 369 g/mol. The fourth-order valence-electron chi connectivity index (χ4n) is 2.42. The lowest BCUT2D eigenvalue weighted by molar-refractivity contribution is -0.115. The number of nitrogens with zero attached hydrogens (tertiary/aromatic N) is 1. The molecule has 2 amide bonds. The Morgan fingerprint density at radius 1 is 0.964 bits per heavy atom. The van der Waals surface area contributed by atoms with Gasteiger partial charge in [-0.2, -0.15) is 0 Å². The molecule has 0 bridgehead atoms. The molecule has 1 heterocycles. The molecule has 0 atom stereocenters. The first-order valence-electron chi connectivity index (χ1n) is 8.78. The number of anilines is 1. The Morgan fingerprint density at radius 3 is 2.54 bits per heavy atom. The van der Waals surface area contributed by atoms with Crippen molar-refractivity contribution >= 4 is 17.5 Å². The highest BCUT2D eigenvalue weighted by atomic mass is 16.2.